The maximum absolute atomic E-state index is 13.8. The lowest BCUT2D eigenvalue weighted by Gasteiger charge is -2.40. The maximum atomic E-state index is 13.8. The highest BCUT2D eigenvalue weighted by molar-refractivity contribution is 8.18. The first-order chi connectivity index (χ1) is 19.2. The molecular weight excluding hydrogens is 536 g/mol. The number of amides is 1. The van der Waals surface area contributed by atoms with Gasteiger partial charge in [0, 0.05) is 47.0 Å². The first-order valence-electron chi connectivity index (χ1n) is 13.4. The van der Waals surface area contributed by atoms with Crippen molar-refractivity contribution in [3.8, 4) is 0 Å². The predicted molar refractivity (Wildman–Crippen MR) is 170 cm³/mol. The van der Waals surface area contributed by atoms with E-state index >= 15 is 0 Å². The maximum Gasteiger partial charge on any atom is 0.266 e. The third kappa shape index (κ3) is 4.87. The van der Waals surface area contributed by atoms with Crippen LogP contribution in [0.25, 0.3) is 22.6 Å². The van der Waals surface area contributed by atoms with Crippen LogP contribution in [0.1, 0.15) is 37.5 Å². The molecule has 0 saturated carbocycles. The van der Waals surface area contributed by atoms with Crippen LogP contribution in [0.2, 0.25) is 5.02 Å². The lowest BCUT2D eigenvalue weighted by molar-refractivity contribution is -0.122. The van der Waals surface area contributed by atoms with Crippen LogP contribution in [0.5, 0.6) is 0 Å². The van der Waals surface area contributed by atoms with Crippen molar-refractivity contribution in [1.82, 2.24) is 9.88 Å². The fourth-order valence-corrected chi connectivity index (χ4v) is 6.64. The van der Waals surface area contributed by atoms with E-state index in [9.17, 15) is 4.79 Å². The van der Waals surface area contributed by atoms with Gasteiger partial charge in [-0.05, 0) is 92.1 Å². The van der Waals surface area contributed by atoms with Crippen LogP contribution in [0, 0.1) is 0 Å². The number of likely N-dealkylation sites (N-methyl/N-ethyl adjacent to an activating group) is 1. The van der Waals surface area contributed by atoms with Gasteiger partial charge in [0.2, 0.25) is 0 Å². The minimum atomic E-state index is -0.105. The highest BCUT2D eigenvalue weighted by atomic mass is 35.5. The second kappa shape index (κ2) is 10.3. The highest BCUT2D eigenvalue weighted by Crippen LogP contribution is 2.42. The van der Waals surface area contributed by atoms with Crippen molar-refractivity contribution in [1.29, 1.82) is 0 Å². The van der Waals surface area contributed by atoms with Crippen LogP contribution < -0.4 is 4.90 Å². The molecule has 6 rings (SSSR count). The molecule has 4 aromatic rings. The number of hydrogen-bond acceptors (Lipinski definition) is 4. The molecule has 5 nitrogen and oxygen atoms in total. The average Bonchev–Trinajstić information content (AvgIpc) is 3.47. The van der Waals surface area contributed by atoms with Crippen LogP contribution in [-0.4, -0.2) is 40.1 Å². The first-order valence-corrected chi connectivity index (χ1v) is 14.6. The number of H-pyrrole nitrogens is 1. The molecule has 3 aromatic carbocycles. The van der Waals surface area contributed by atoms with Gasteiger partial charge in [-0.1, -0.05) is 54.1 Å². The number of nitrogens with one attached hydrogen (secondary N) is 1. The Labute approximate surface area is 244 Å². The molecule has 202 valence electrons. The van der Waals surface area contributed by atoms with Crippen LogP contribution in [0.4, 0.5) is 11.4 Å². The predicted octanol–water partition coefficient (Wildman–Crippen LogP) is 8.30. The monoisotopic (exact) mass is 566 g/mol. The molecule has 1 amide bonds. The molecule has 1 saturated heterocycles. The standard InChI is InChI=1S/C33H31ClN4OS/c1-21-19-33(2,3)37(4)29-18-27(34)23(16-26(21)29)17-30-31(39)38(32(40-30)36-24-10-6-5-7-11-24)15-14-22-20-35-28-13-9-8-12-25(22)28/h5-13,16-20,35H,14-15H2,1-4H3/b30-17+,36-32?. The minimum Gasteiger partial charge on any atom is -0.365 e. The molecule has 3 heterocycles. The number of nitrogens with zero attached hydrogens (tertiary/aromatic N) is 3. The fourth-order valence-electron chi connectivity index (χ4n) is 5.41. The number of halogens is 1. The van der Waals surface area contributed by atoms with E-state index in [0.717, 1.165) is 28.0 Å². The van der Waals surface area contributed by atoms with Gasteiger partial charge in [0.05, 0.1) is 16.1 Å². The SMILES string of the molecule is CC1=CC(C)(C)N(C)c2cc(Cl)c(/C=C3/SC(=Nc4ccccc4)N(CCc4c[nH]c5ccccc45)C3=O)cc21. The zero-order valence-electron chi connectivity index (χ0n) is 23.0. The summed E-state index contributed by atoms with van der Waals surface area (Å²) in [6.45, 7) is 7.03. The lowest BCUT2D eigenvalue weighted by atomic mass is 9.88. The molecule has 1 N–H and O–H groups in total. The Hall–Kier alpha value is -3.74. The Morgan fingerprint density at radius 1 is 1.07 bits per heavy atom. The Balaban J connectivity index is 1.35. The van der Waals surface area contributed by atoms with Gasteiger partial charge >= 0.3 is 0 Å². The number of rotatable bonds is 5. The molecule has 0 aliphatic carbocycles. The van der Waals surface area contributed by atoms with Gasteiger partial charge in [0.25, 0.3) is 5.91 Å². The van der Waals surface area contributed by atoms with Gasteiger partial charge in [0.15, 0.2) is 5.17 Å². The summed E-state index contributed by atoms with van der Waals surface area (Å²) >= 11 is 8.22. The summed E-state index contributed by atoms with van der Waals surface area (Å²) in [5.74, 6) is -0.0566. The number of fused-ring (bicyclic) bond motifs is 2. The zero-order valence-corrected chi connectivity index (χ0v) is 24.6. The summed E-state index contributed by atoms with van der Waals surface area (Å²) in [7, 11) is 2.09. The van der Waals surface area contributed by atoms with Crippen LogP contribution in [-0.2, 0) is 11.2 Å². The number of aliphatic imine (C=N–C) groups is 1. The molecule has 0 unspecified atom stereocenters. The fraction of sp³-hybridized carbons (Fsp3) is 0.212. The largest absolute Gasteiger partial charge is 0.365 e. The normalized spacial score (nSPS) is 18.6. The molecule has 0 radical (unpaired) electrons. The first kappa shape index (κ1) is 26.5. The number of aromatic nitrogens is 1. The van der Waals surface area contributed by atoms with Gasteiger partial charge in [-0.2, -0.15) is 0 Å². The molecule has 0 bridgehead atoms. The number of anilines is 1. The number of para-hydroxylation sites is 2. The summed E-state index contributed by atoms with van der Waals surface area (Å²) in [5, 5.41) is 2.47. The third-order valence-corrected chi connectivity index (χ3v) is 9.10. The molecule has 0 spiro atoms. The minimum absolute atomic E-state index is 0.0566. The number of hydrogen-bond donors (Lipinski definition) is 1. The number of benzene rings is 3. The van der Waals surface area contributed by atoms with Crippen molar-refractivity contribution in [2.45, 2.75) is 32.7 Å². The third-order valence-electron chi connectivity index (χ3n) is 7.77. The Morgan fingerprint density at radius 3 is 2.62 bits per heavy atom. The number of aromatic amines is 1. The second-order valence-corrected chi connectivity index (χ2v) is 12.3. The van der Waals surface area contributed by atoms with E-state index in [1.165, 1.54) is 28.3 Å². The van der Waals surface area contributed by atoms with E-state index in [0.29, 0.717) is 28.1 Å². The summed E-state index contributed by atoms with van der Waals surface area (Å²) in [4.78, 5) is 26.7. The van der Waals surface area contributed by atoms with Crippen LogP contribution in [0.3, 0.4) is 0 Å². The summed E-state index contributed by atoms with van der Waals surface area (Å²) in [5.41, 5.74) is 7.23. The van der Waals surface area contributed by atoms with E-state index < -0.39 is 0 Å². The second-order valence-electron chi connectivity index (χ2n) is 10.8. The van der Waals surface area contributed by atoms with Crippen molar-refractivity contribution < 1.29 is 4.79 Å². The quantitative estimate of drug-likeness (QED) is 0.247. The molecule has 40 heavy (non-hydrogen) atoms. The Morgan fingerprint density at radius 2 is 1.82 bits per heavy atom. The van der Waals surface area contributed by atoms with E-state index in [1.807, 2.05) is 60.8 Å². The number of allylic oxidation sites excluding steroid dienone is 1. The van der Waals surface area contributed by atoms with Gasteiger partial charge < -0.3 is 9.88 Å². The number of carbonyl (C=O) groups excluding carboxylic acids is 1. The molecular formula is C33H31ClN4OS. The number of amidine groups is 1. The van der Waals surface area contributed by atoms with Gasteiger partial charge in [-0.15, -0.1) is 0 Å². The van der Waals surface area contributed by atoms with Crippen LogP contribution >= 0.6 is 23.4 Å². The molecule has 0 atom stereocenters. The summed E-state index contributed by atoms with van der Waals surface area (Å²) < 4.78 is 0. The summed E-state index contributed by atoms with van der Waals surface area (Å²) in [6.07, 6.45) is 6.93. The van der Waals surface area contributed by atoms with E-state index in [2.05, 4.69) is 62.0 Å². The molecule has 1 aromatic heterocycles. The van der Waals surface area contributed by atoms with Crippen molar-refractivity contribution in [3.05, 3.63) is 106 Å². The van der Waals surface area contributed by atoms with E-state index in [1.54, 1.807) is 4.90 Å². The van der Waals surface area contributed by atoms with Crippen molar-refractivity contribution in [2.24, 2.45) is 4.99 Å². The number of thioether (sulfide) groups is 1. The molecule has 2 aliphatic rings. The molecule has 2 aliphatic heterocycles. The van der Waals surface area contributed by atoms with E-state index in [-0.39, 0.29) is 11.4 Å². The van der Waals surface area contributed by atoms with Crippen molar-refractivity contribution in [3.63, 3.8) is 0 Å². The van der Waals surface area contributed by atoms with Crippen molar-refractivity contribution >= 4 is 68.4 Å². The highest BCUT2D eigenvalue weighted by Gasteiger charge is 2.34. The zero-order chi connectivity index (χ0) is 28.0. The Bertz CT molecular complexity index is 1720. The summed E-state index contributed by atoms with van der Waals surface area (Å²) in [6, 6.07) is 22.1. The Kier molecular flexibility index (Phi) is 6.85. The van der Waals surface area contributed by atoms with Gasteiger partial charge in [0.1, 0.15) is 0 Å². The average molecular weight is 567 g/mol. The van der Waals surface area contributed by atoms with Crippen molar-refractivity contribution in [2.75, 3.05) is 18.5 Å². The smallest absolute Gasteiger partial charge is 0.266 e. The van der Waals surface area contributed by atoms with E-state index in [4.69, 9.17) is 16.6 Å². The molecule has 7 heteroatoms. The number of carbonyl (C=O) groups is 1. The molecule has 1 fully saturated rings. The lowest BCUT2D eigenvalue weighted by Crippen LogP contribution is -2.42. The van der Waals surface area contributed by atoms with Crippen LogP contribution in [0.15, 0.2) is 88.9 Å². The van der Waals surface area contributed by atoms with Gasteiger partial charge in [-0.25, -0.2) is 4.99 Å². The topological polar surface area (TPSA) is 51.7 Å². The van der Waals surface area contributed by atoms with Gasteiger partial charge in [-0.3, -0.25) is 9.69 Å².